The van der Waals surface area contributed by atoms with Gasteiger partial charge in [0.1, 0.15) is 0 Å². The summed E-state index contributed by atoms with van der Waals surface area (Å²) in [5, 5.41) is 3.07. The molecule has 3 nitrogen and oxygen atoms in total. The molecular weight excluding hydrogens is 292 g/mol. The van der Waals surface area contributed by atoms with E-state index in [1.807, 2.05) is 52.0 Å². The van der Waals surface area contributed by atoms with E-state index in [0.29, 0.717) is 0 Å². The molecule has 2 amide bonds. The summed E-state index contributed by atoms with van der Waals surface area (Å²) in [5.41, 5.74) is 0.695. The predicted molar refractivity (Wildman–Crippen MR) is 78.6 cm³/mol. The van der Waals surface area contributed by atoms with Gasteiger partial charge in [-0.2, -0.15) is 0 Å². The van der Waals surface area contributed by atoms with Crippen molar-refractivity contribution in [3.05, 3.63) is 34.3 Å². The molecule has 0 bridgehead atoms. The Bertz CT molecular complexity index is 414. The van der Waals surface area contributed by atoms with E-state index in [9.17, 15) is 4.79 Å². The molecule has 4 heteroatoms. The van der Waals surface area contributed by atoms with Gasteiger partial charge in [-0.3, -0.25) is 0 Å². The summed E-state index contributed by atoms with van der Waals surface area (Å²) in [5.74, 6) is 0. The molecule has 0 aliphatic rings. The van der Waals surface area contributed by atoms with Gasteiger partial charge >= 0.3 is 6.03 Å². The van der Waals surface area contributed by atoms with Crippen LogP contribution in [0.3, 0.4) is 0 Å². The average molecular weight is 313 g/mol. The Morgan fingerprint density at radius 1 is 1.33 bits per heavy atom. The molecule has 0 aromatic heterocycles. The summed E-state index contributed by atoms with van der Waals surface area (Å²) in [6.07, 6.45) is 0. The Balaban J connectivity index is 2.84. The van der Waals surface area contributed by atoms with E-state index in [4.69, 9.17) is 0 Å². The number of urea groups is 1. The zero-order valence-electron chi connectivity index (χ0n) is 11.5. The fourth-order valence-electron chi connectivity index (χ4n) is 1.81. The first-order valence-electron chi connectivity index (χ1n) is 6.23. The van der Waals surface area contributed by atoms with Crippen molar-refractivity contribution in [1.82, 2.24) is 10.2 Å². The smallest absolute Gasteiger partial charge is 0.318 e. The Morgan fingerprint density at radius 3 is 2.44 bits per heavy atom. The van der Waals surface area contributed by atoms with E-state index >= 15 is 0 Å². The summed E-state index contributed by atoms with van der Waals surface area (Å²) < 4.78 is 1.02. The van der Waals surface area contributed by atoms with Crippen LogP contribution < -0.4 is 5.32 Å². The third-order valence-corrected chi connectivity index (χ3v) is 3.51. The number of halogens is 1. The number of nitrogens with one attached hydrogen (secondary N) is 1. The fourth-order valence-corrected chi connectivity index (χ4v) is 2.21. The van der Waals surface area contributed by atoms with Gasteiger partial charge in [-0.15, -0.1) is 0 Å². The minimum atomic E-state index is -0.385. The van der Waals surface area contributed by atoms with Gasteiger partial charge in [-0.05, 0) is 45.4 Å². The number of rotatable bonds is 4. The number of amides is 2. The van der Waals surface area contributed by atoms with Gasteiger partial charge in [-0.25, -0.2) is 4.79 Å². The average Bonchev–Trinajstić information content (AvgIpc) is 2.30. The van der Waals surface area contributed by atoms with Crippen molar-refractivity contribution in [1.29, 1.82) is 0 Å². The van der Waals surface area contributed by atoms with Gasteiger partial charge in [0.05, 0.1) is 5.54 Å². The SMILES string of the molecule is CCN(CC)C(=O)NC(C)(C)c1cccc(Br)c1. The Labute approximate surface area is 118 Å². The number of nitrogens with zero attached hydrogens (tertiary/aromatic N) is 1. The molecule has 0 aliphatic heterocycles. The summed E-state index contributed by atoms with van der Waals surface area (Å²) >= 11 is 3.45. The molecule has 0 unspecified atom stereocenters. The molecule has 0 saturated carbocycles. The molecular formula is C14H21BrN2O. The minimum absolute atomic E-state index is 0.0232. The van der Waals surface area contributed by atoms with Gasteiger partial charge in [0, 0.05) is 17.6 Å². The molecule has 0 aliphatic carbocycles. The molecule has 1 N–H and O–H groups in total. The molecule has 1 aromatic carbocycles. The van der Waals surface area contributed by atoms with Crippen LogP contribution in [0.5, 0.6) is 0 Å². The number of hydrogen-bond acceptors (Lipinski definition) is 1. The maximum atomic E-state index is 12.1. The number of benzene rings is 1. The lowest BCUT2D eigenvalue weighted by Crippen LogP contribution is -2.48. The predicted octanol–water partition coefficient (Wildman–Crippen LogP) is 3.74. The van der Waals surface area contributed by atoms with E-state index in [1.54, 1.807) is 4.90 Å². The normalized spacial score (nSPS) is 11.2. The molecule has 100 valence electrons. The van der Waals surface area contributed by atoms with Crippen LogP contribution in [-0.2, 0) is 5.54 Å². The van der Waals surface area contributed by atoms with Crippen LogP contribution in [0.2, 0.25) is 0 Å². The van der Waals surface area contributed by atoms with Crippen molar-refractivity contribution >= 4 is 22.0 Å². The van der Waals surface area contributed by atoms with E-state index in [0.717, 1.165) is 23.1 Å². The Kier molecular flexibility index (Phi) is 5.20. The van der Waals surface area contributed by atoms with Crippen LogP contribution in [0, 0.1) is 0 Å². The lowest BCUT2D eigenvalue weighted by atomic mass is 9.94. The summed E-state index contributed by atoms with van der Waals surface area (Å²) in [4.78, 5) is 13.9. The quantitative estimate of drug-likeness (QED) is 0.902. The van der Waals surface area contributed by atoms with E-state index in [2.05, 4.69) is 21.2 Å². The van der Waals surface area contributed by atoms with E-state index < -0.39 is 0 Å². The maximum Gasteiger partial charge on any atom is 0.318 e. The molecule has 0 spiro atoms. The standard InChI is InChI=1S/C14H21BrN2O/c1-5-17(6-2)13(18)16-14(3,4)11-8-7-9-12(15)10-11/h7-10H,5-6H2,1-4H3,(H,16,18). The number of carbonyl (C=O) groups excluding carboxylic acids is 1. The lowest BCUT2D eigenvalue weighted by Gasteiger charge is -2.30. The second-order valence-corrected chi connectivity index (χ2v) is 5.65. The highest BCUT2D eigenvalue weighted by Gasteiger charge is 2.24. The van der Waals surface area contributed by atoms with Crippen LogP contribution in [0.15, 0.2) is 28.7 Å². The summed E-state index contributed by atoms with van der Waals surface area (Å²) in [7, 11) is 0. The van der Waals surface area contributed by atoms with Crippen molar-refractivity contribution in [2.24, 2.45) is 0 Å². The zero-order chi connectivity index (χ0) is 13.8. The monoisotopic (exact) mass is 312 g/mol. The van der Waals surface area contributed by atoms with Gasteiger partial charge in [0.2, 0.25) is 0 Å². The van der Waals surface area contributed by atoms with Crippen molar-refractivity contribution < 1.29 is 4.79 Å². The molecule has 18 heavy (non-hydrogen) atoms. The topological polar surface area (TPSA) is 32.3 Å². The Morgan fingerprint density at radius 2 is 1.94 bits per heavy atom. The lowest BCUT2D eigenvalue weighted by molar-refractivity contribution is 0.192. The maximum absolute atomic E-state index is 12.1. The molecule has 0 heterocycles. The summed E-state index contributed by atoms with van der Waals surface area (Å²) in [6.45, 7) is 9.42. The molecule has 1 rings (SSSR count). The molecule has 0 saturated heterocycles. The first-order valence-corrected chi connectivity index (χ1v) is 7.03. The van der Waals surface area contributed by atoms with Crippen LogP contribution in [0.1, 0.15) is 33.3 Å². The second-order valence-electron chi connectivity index (χ2n) is 4.74. The fraction of sp³-hybridized carbons (Fsp3) is 0.500. The molecule has 0 fully saturated rings. The van der Waals surface area contributed by atoms with E-state index in [1.165, 1.54) is 0 Å². The van der Waals surface area contributed by atoms with E-state index in [-0.39, 0.29) is 11.6 Å². The van der Waals surface area contributed by atoms with Crippen LogP contribution in [0.4, 0.5) is 4.79 Å². The zero-order valence-corrected chi connectivity index (χ0v) is 13.0. The summed E-state index contributed by atoms with van der Waals surface area (Å²) in [6, 6.07) is 7.98. The van der Waals surface area contributed by atoms with Gasteiger partial charge in [-0.1, -0.05) is 28.1 Å². The highest BCUT2D eigenvalue weighted by molar-refractivity contribution is 9.10. The molecule has 0 radical (unpaired) electrons. The van der Waals surface area contributed by atoms with Crippen LogP contribution in [-0.4, -0.2) is 24.0 Å². The van der Waals surface area contributed by atoms with Gasteiger partial charge < -0.3 is 10.2 Å². The Hall–Kier alpha value is -1.03. The first kappa shape index (κ1) is 15.0. The first-order chi connectivity index (χ1) is 8.40. The van der Waals surface area contributed by atoms with Crippen LogP contribution in [0.25, 0.3) is 0 Å². The van der Waals surface area contributed by atoms with Gasteiger partial charge in [0.15, 0.2) is 0 Å². The van der Waals surface area contributed by atoms with Crippen molar-refractivity contribution in [2.45, 2.75) is 33.2 Å². The minimum Gasteiger partial charge on any atom is -0.329 e. The molecule has 0 atom stereocenters. The number of hydrogen-bond donors (Lipinski definition) is 1. The molecule has 1 aromatic rings. The van der Waals surface area contributed by atoms with Crippen LogP contribution >= 0.6 is 15.9 Å². The van der Waals surface area contributed by atoms with Gasteiger partial charge in [0.25, 0.3) is 0 Å². The second kappa shape index (κ2) is 6.23. The third kappa shape index (κ3) is 3.73. The van der Waals surface area contributed by atoms with Crippen molar-refractivity contribution in [3.63, 3.8) is 0 Å². The highest BCUT2D eigenvalue weighted by Crippen LogP contribution is 2.23. The van der Waals surface area contributed by atoms with Crippen molar-refractivity contribution in [2.75, 3.05) is 13.1 Å². The largest absolute Gasteiger partial charge is 0.329 e. The highest BCUT2D eigenvalue weighted by atomic mass is 79.9. The van der Waals surface area contributed by atoms with Crippen molar-refractivity contribution in [3.8, 4) is 0 Å². The number of carbonyl (C=O) groups is 1. The third-order valence-electron chi connectivity index (χ3n) is 3.02.